The summed E-state index contributed by atoms with van der Waals surface area (Å²) in [5.41, 5.74) is 2.22. The van der Waals surface area contributed by atoms with Gasteiger partial charge in [0, 0.05) is 60.7 Å². The van der Waals surface area contributed by atoms with Crippen molar-refractivity contribution in [1.29, 1.82) is 0 Å². The van der Waals surface area contributed by atoms with Crippen molar-refractivity contribution in [3.05, 3.63) is 82.6 Å². The second kappa shape index (κ2) is 25.0. The Morgan fingerprint density at radius 3 is 2.12 bits per heavy atom. The summed E-state index contributed by atoms with van der Waals surface area (Å²) in [6.07, 6.45) is 7.18. The number of methoxy groups -OCH3 is 1. The van der Waals surface area contributed by atoms with Gasteiger partial charge in [-0.3, -0.25) is 13.9 Å². The summed E-state index contributed by atoms with van der Waals surface area (Å²) in [7, 11) is -11.8. The molecular formula is C46H66N2O16S3. The average molecular weight is 999 g/mol. The summed E-state index contributed by atoms with van der Waals surface area (Å²) in [5.74, 6) is -0.966. The Kier molecular flexibility index (Phi) is 20.7. The topological polar surface area (TPSA) is 260 Å². The van der Waals surface area contributed by atoms with Crippen molar-refractivity contribution < 1.29 is 72.2 Å². The molecule has 0 fully saturated rings. The van der Waals surface area contributed by atoms with Crippen LogP contribution < -0.4 is 14.8 Å². The Bertz CT molecular complexity index is 2560. The van der Waals surface area contributed by atoms with Gasteiger partial charge in [-0.25, -0.2) is 13.0 Å². The Hall–Kier alpha value is -4.03. The normalized spacial score (nSPS) is 17.0. The van der Waals surface area contributed by atoms with Crippen LogP contribution in [0.3, 0.4) is 0 Å². The maximum atomic E-state index is 12.3. The molecule has 1 aliphatic carbocycles. The highest BCUT2D eigenvalue weighted by atomic mass is 32.2. The molecule has 1 atom stereocenters. The zero-order valence-electron chi connectivity index (χ0n) is 39.0. The summed E-state index contributed by atoms with van der Waals surface area (Å²) in [4.78, 5) is 12.8. The molecule has 374 valence electrons. The van der Waals surface area contributed by atoms with Crippen LogP contribution in [-0.4, -0.2) is 134 Å². The zero-order valence-corrected chi connectivity index (χ0v) is 41.4. The number of ether oxygens (including phenoxy) is 4. The SMILES string of the molecule is COCCOCCOCCOCC[N+](CCCS(=O)(=O)O)=c1ccc2c(C(C)(C)C)cc(/C=C/C=C3/N(CCCCCC(=O)O)c4ccc(S(=O)(=O)O)cc4C3(C)CCCS(=O)(=O)[O-])oc-2c1. The fourth-order valence-electron chi connectivity index (χ4n) is 8.02. The number of hydrogen-bond acceptors (Lipinski definition) is 14. The van der Waals surface area contributed by atoms with Gasteiger partial charge in [0.2, 0.25) is 5.36 Å². The molecule has 0 amide bonds. The van der Waals surface area contributed by atoms with E-state index in [-0.39, 0.29) is 42.5 Å². The van der Waals surface area contributed by atoms with E-state index in [9.17, 15) is 48.8 Å². The second-order valence-electron chi connectivity index (χ2n) is 17.6. The van der Waals surface area contributed by atoms with Crippen LogP contribution >= 0.6 is 0 Å². The second-order valence-corrected chi connectivity index (χ2v) is 22.1. The van der Waals surface area contributed by atoms with Gasteiger partial charge in [0.15, 0.2) is 6.54 Å². The molecule has 0 saturated heterocycles. The smallest absolute Gasteiger partial charge is 0.303 e. The molecule has 0 bridgehead atoms. The molecule has 4 rings (SSSR count). The molecule has 0 spiro atoms. The Labute approximate surface area is 394 Å². The van der Waals surface area contributed by atoms with E-state index >= 15 is 0 Å². The molecule has 1 unspecified atom stereocenters. The third-order valence-corrected chi connectivity index (χ3v) is 13.8. The highest BCUT2D eigenvalue weighted by Gasteiger charge is 2.43. The van der Waals surface area contributed by atoms with Gasteiger partial charge in [0.1, 0.15) is 24.7 Å². The third-order valence-electron chi connectivity index (χ3n) is 11.3. The number of anilines is 1. The maximum Gasteiger partial charge on any atom is 0.303 e. The predicted octanol–water partition coefficient (Wildman–Crippen LogP) is 5.32. The highest BCUT2D eigenvalue weighted by Crippen LogP contribution is 2.51. The van der Waals surface area contributed by atoms with Crippen molar-refractivity contribution in [3.8, 4) is 11.3 Å². The predicted molar refractivity (Wildman–Crippen MR) is 252 cm³/mol. The monoisotopic (exact) mass is 998 g/mol. The van der Waals surface area contributed by atoms with Crippen LogP contribution in [0.4, 0.5) is 5.69 Å². The number of aliphatic carboxylic acids is 1. The van der Waals surface area contributed by atoms with Gasteiger partial charge in [0.25, 0.3) is 20.2 Å². The standard InChI is InChI=1S/C46H66N2O16S3/c1-45(2,3)39-33-36(64-42-32-35(15-17-38(39)42)47(20-11-31-66(54,55)56)22-23-61-26-27-63-29-28-62-25-24-60-5)12-9-13-43-46(4,19-10-30-65(51,52)53)40-34-37(67(57,58)59)16-18-41(40)48(43)21-8-6-7-14-44(49)50/h9,12-13,15-18,32-34H,6-8,10-11,14,19-31H2,1-5H3,(H3-,49,50,51,52,53,54,55,56,57,58,59). The fourth-order valence-corrected chi connectivity index (χ4v) is 9.51. The number of carbonyl (C=O) groups is 1. The van der Waals surface area contributed by atoms with E-state index in [4.69, 9.17) is 23.4 Å². The Morgan fingerprint density at radius 2 is 1.51 bits per heavy atom. The van der Waals surface area contributed by atoms with E-state index in [0.717, 1.165) is 16.5 Å². The summed E-state index contributed by atoms with van der Waals surface area (Å²) < 4.78 is 133. The van der Waals surface area contributed by atoms with E-state index in [1.54, 1.807) is 25.3 Å². The quantitative estimate of drug-likeness (QED) is 0.0452. The van der Waals surface area contributed by atoms with Crippen LogP contribution in [0.15, 0.2) is 69.6 Å². The summed E-state index contributed by atoms with van der Waals surface area (Å²) in [6.45, 7) is 11.9. The van der Waals surface area contributed by atoms with E-state index < -0.39 is 53.2 Å². The van der Waals surface area contributed by atoms with Gasteiger partial charge in [-0.1, -0.05) is 33.3 Å². The Morgan fingerprint density at radius 1 is 0.836 bits per heavy atom. The van der Waals surface area contributed by atoms with Crippen molar-refractivity contribution in [1.82, 2.24) is 4.58 Å². The lowest BCUT2D eigenvalue weighted by atomic mass is 9.77. The van der Waals surface area contributed by atoms with E-state index in [1.807, 2.05) is 46.7 Å². The molecule has 0 aromatic heterocycles. The van der Waals surface area contributed by atoms with Crippen LogP contribution in [0.2, 0.25) is 0 Å². The molecule has 0 radical (unpaired) electrons. The van der Waals surface area contributed by atoms with Gasteiger partial charge >= 0.3 is 5.97 Å². The van der Waals surface area contributed by atoms with Crippen molar-refractivity contribution in [2.45, 2.75) is 88.4 Å². The maximum absolute atomic E-state index is 12.3. The van der Waals surface area contributed by atoms with Gasteiger partial charge in [-0.2, -0.15) is 16.8 Å². The molecule has 1 aromatic rings. The van der Waals surface area contributed by atoms with Gasteiger partial charge in [-0.05, 0) is 91.6 Å². The van der Waals surface area contributed by atoms with Crippen LogP contribution in [0, 0.1) is 0 Å². The molecular weight excluding hydrogens is 933 g/mol. The van der Waals surface area contributed by atoms with Crippen molar-refractivity contribution >= 4 is 48.1 Å². The fraction of sp³-hybridized carbons (Fsp3) is 0.565. The minimum atomic E-state index is -4.63. The van der Waals surface area contributed by atoms with Crippen LogP contribution in [0.5, 0.6) is 0 Å². The lowest BCUT2D eigenvalue weighted by Crippen LogP contribution is -2.35. The average Bonchev–Trinajstić information content (AvgIpc) is 3.45. The van der Waals surface area contributed by atoms with E-state index in [0.29, 0.717) is 107 Å². The first-order valence-electron chi connectivity index (χ1n) is 22.2. The molecule has 21 heteroatoms. The minimum absolute atomic E-state index is 0.00163. The molecule has 67 heavy (non-hydrogen) atoms. The highest BCUT2D eigenvalue weighted by molar-refractivity contribution is 7.86. The van der Waals surface area contributed by atoms with E-state index in [1.165, 1.54) is 12.1 Å². The van der Waals surface area contributed by atoms with Crippen LogP contribution in [0.1, 0.15) is 89.5 Å². The molecule has 2 aliphatic heterocycles. The molecule has 0 saturated carbocycles. The molecule has 3 N–H and O–H groups in total. The lowest BCUT2D eigenvalue weighted by Gasteiger charge is -2.31. The number of rotatable bonds is 29. The van der Waals surface area contributed by atoms with Crippen LogP contribution in [-0.2, 0) is 64.9 Å². The number of carboxylic acids is 1. The summed E-state index contributed by atoms with van der Waals surface area (Å²) >= 11 is 0. The molecule has 18 nitrogen and oxygen atoms in total. The van der Waals surface area contributed by atoms with Crippen molar-refractivity contribution in [2.24, 2.45) is 0 Å². The lowest BCUT2D eigenvalue weighted by molar-refractivity contribution is -0.137. The third kappa shape index (κ3) is 17.8. The van der Waals surface area contributed by atoms with Crippen molar-refractivity contribution in [3.63, 3.8) is 0 Å². The molecule has 3 aliphatic rings. The van der Waals surface area contributed by atoms with Crippen molar-refractivity contribution in [2.75, 3.05) is 89.4 Å². The molecule has 1 aromatic carbocycles. The van der Waals surface area contributed by atoms with Gasteiger partial charge in [0.05, 0.1) is 66.5 Å². The number of hydrogen-bond donors (Lipinski definition) is 3. The largest absolute Gasteiger partial charge is 0.748 e. The van der Waals surface area contributed by atoms with Gasteiger partial charge < -0.3 is 37.9 Å². The first-order valence-corrected chi connectivity index (χ1v) is 26.8. The minimum Gasteiger partial charge on any atom is -0.748 e. The van der Waals surface area contributed by atoms with E-state index in [2.05, 4.69) is 20.8 Å². The Balaban J connectivity index is 1.75. The number of allylic oxidation sites excluding steroid dienone is 3. The first kappa shape index (κ1) is 55.6. The first-order chi connectivity index (χ1) is 31.4. The van der Waals surface area contributed by atoms with Crippen LogP contribution in [0.25, 0.3) is 17.4 Å². The zero-order chi connectivity index (χ0) is 49.5. The summed E-state index contributed by atoms with van der Waals surface area (Å²) in [5, 5.41) is 9.91. The number of fused-ring (bicyclic) bond motifs is 2. The number of carboxylic acid groups (broad SMARTS) is 1. The number of benzene rings is 2. The van der Waals surface area contributed by atoms with Gasteiger partial charge in [-0.15, -0.1) is 0 Å². The number of unbranched alkanes of at least 4 members (excludes halogenated alkanes) is 2. The molecule has 2 heterocycles. The number of nitrogens with zero attached hydrogens (tertiary/aromatic N) is 2. The summed E-state index contributed by atoms with van der Waals surface area (Å²) in [6, 6.07) is 11.9.